The lowest BCUT2D eigenvalue weighted by atomic mass is 10.3. The normalized spacial score (nSPS) is 9.64. The highest BCUT2D eigenvalue weighted by molar-refractivity contribution is 7.12. The molecule has 1 aromatic rings. The quantitative estimate of drug-likeness (QED) is 0.328. The van der Waals surface area contributed by atoms with E-state index in [9.17, 15) is 4.79 Å². The molecule has 0 aliphatic rings. The lowest BCUT2D eigenvalue weighted by Crippen LogP contribution is -2.29. The van der Waals surface area contributed by atoms with E-state index >= 15 is 0 Å². The predicted octanol–water partition coefficient (Wildman–Crippen LogP) is -0.190. The fourth-order valence-electron chi connectivity index (χ4n) is 0.673. The van der Waals surface area contributed by atoms with Crippen molar-refractivity contribution < 1.29 is 4.79 Å². The number of carbonyl (C=O) groups is 1. The van der Waals surface area contributed by atoms with Crippen molar-refractivity contribution in [1.82, 2.24) is 5.43 Å². The van der Waals surface area contributed by atoms with Gasteiger partial charge in [0.15, 0.2) is 0 Å². The van der Waals surface area contributed by atoms with E-state index in [0.717, 1.165) is 5.56 Å². The molecule has 0 radical (unpaired) electrons. The van der Waals surface area contributed by atoms with Crippen LogP contribution in [0.2, 0.25) is 0 Å². The van der Waals surface area contributed by atoms with Gasteiger partial charge in [-0.3, -0.25) is 10.2 Å². The maximum atomic E-state index is 10.9. The topological polar surface area (TPSA) is 81.1 Å². The van der Waals surface area contributed by atoms with Gasteiger partial charge in [0.2, 0.25) is 0 Å². The number of nitrogens with two attached hydrogens (primary N) is 2. The molecule has 0 aliphatic heterocycles. The van der Waals surface area contributed by atoms with E-state index in [-0.39, 0.29) is 5.91 Å². The number of hydrogen-bond acceptors (Lipinski definition) is 4. The molecule has 11 heavy (non-hydrogen) atoms. The second-order valence-corrected chi connectivity index (χ2v) is 2.91. The Balaban J connectivity index is 2.80. The molecule has 1 aromatic heterocycles. The zero-order chi connectivity index (χ0) is 8.27. The Morgan fingerprint density at radius 2 is 2.45 bits per heavy atom. The summed E-state index contributed by atoms with van der Waals surface area (Å²) in [4.78, 5) is 11.5. The SMILES string of the molecule is NCc1csc(C(=O)NN)c1. The van der Waals surface area contributed by atoms with Crippen molar-refractivity contribution in [3.8, 4) is 0 Å². The van der Waals surface area contributed by atoms with E-state index in [2.05, 4.69) is 0 Å². The lowest BCUT2D eigenvalue weighted by Gasteiger charge is -1.91. The number of thiophene rings is 1. The fourth-order valence-corrected chi connectivity index (χ4v) is 1.50. The van der Waals surface area contributed by atoms with Crippen molar-refractivity contribution >= 4 is 17.2 Å². The average molecular weight is 171 g/mol. The van der Waals surface area contributed by atoms with Crippen molar-refractivity contribution in [2.45, 2.75) is 6.54 Å². The minimum atomic E-state index is -0.269. The molecule has 5 N–H and O–H groups in total. The maximum Gasteiger partial charge on any atom is 0.275 e. The van der Waals surface area contributed by atoms with Gasteiger partial charge in [-0.25, -0.2) is 5.84 Å². The Bertz CT molecular complexity index is 258. The Labute approximate surface area is 68.2 Å². The van der Waals surface area contributed by atoms with Gasteiger partial charge in [-0.15, -0.1) is 11.3 Å². The van der Waals surface area contributed by atoms with E-state index in [1.165, 1.54) is 11.3 Å². The molecular formula is C6H9N3OS. The smallest absolute Gasteiger partial charge is 0.275 e. The van der Waals surface area contributed by atoms with Gasteiger partial charge >= 0.3 is 0 Å². The third-order valence-electron chi connectivity index (χ3n) is 1.24. The van der Waals surface area contributed by atoms with Crippen LogP contribution >= 0.6 is 11.3 Å². The zero-order valence-corrected chi connectivity index (χ0v) is 6.65. The fraction of sp³-hybridized carbons (Fsp3) is 0.167. The summed E-state index contributed by atoms with van der Waals surface area (Å²) in [5.74, 6) is 4.66. The molecule has 0 spiro atoms. The van der Waals surface area contributed by atoms with Crippen LogP contribution in [-0.2, 0) is 6.54 Å². The van der Waals surface area contributed by atoms with Gasteiger partial charge in [0.25, 0.3) is 5.91 Å². The van der Waals surface area contributed by atoms with Crippen molar-refractivity contribution in [2.24, 2.45) is 11.6 Å². The number of nitrogen functional groups attached to an aromatic ring is 1. The first-order chi connectivity index (χ1) is 5.27. The predicted molar refractivity (Wildman–Crippen MR) is 43.9 cm³/mol. The van der Waals surface area contributed by atoms with Gasteiger partial charge in [0.05, 0.1) is 4.88 Å². The third kappa shape index (κ3) is 1.76. The van der Waals surface area contributed by atoms with Crippen LogP contribution in [0.1, 0.15) is 15.2 Å². The van der Waals surface area contributed by atoms with E-state index in [1.54, 1.807) is 6.07 Å². The van der Waals surface area contributed by atoms with E-state index in [1.807, 2.05) is 10.8 Å². The highest BCUT2D eigenvalue weighted by Crippen LogP contribution is 2.13. The molecule has 0 aliphatic carbocycles. The molecule has 4 nitrogen and oxygen atoms in total. The van der Waals surface area contributed by atoms with Gasteiger partial charge in [-0.1, -0.05) is 0 Å². The standard InChI is InChI=1S/C6H9N3OS/c7-2-4-1-5(11-3-4)6(10)9-8/h1,3H,2,7-8H2,(H,9,10). The van der Waals surface area contributed by atoms with Crippen LogP contribution in [0.4, 0.5) is 0 Å². The Hall–Kier alpha value is -0.910. The molecule has 1 amide bonds. The molecule has 0 fully saturated rings. The first-order valence-corrected chi connectivity index (χ1v) is 3.94. The van der Waals surface area contributed by atoms with Crippen LogP contribution in [0.3, 0.4) is 0 Å². The number of hydrogen-bond donors (Lipinski definition) is 3. The molecule has 0 aromatic carbocycles. The second kappa shape index (κ2) is 3.47. The van der Waals surface area contributed by atoms with Gasteiger partial charge < -0.3 is 5.73 Å². The van der Waals surface area contributed by atoms with Crippen LogP contribution in [0.15, 0.2) is 11.4 Å². The van der Waals surface area contributed by atoms with Crippen molar-refractivity contribution in [3.63, 3.8) is 0 Å². The van der Waals surface area contributed by atoms with E-state index in [0.29, 0.717) is 11.4 Å². The molecule has 0 saturated heterocycles. The van der Waals surface area contributed by atoms with Gasteiger partial charge in [0.1, 0.15) is 0 Å². The minimum Gasteiger partial charge on any atom is -0.326 e. The monoisotopic (exact) mass is 171 g/mol. The van der Waals surface area contributed by atoms with Gasteiger partial charge in [0, 0.05) is 6.54 Å². The minimum absolute atomic E-state index is 0.269. The summed E-state index contributed by atoms with van der Waals surface area (Å²) in [6.07, 6.45) is 0. The molecular weight excluding hydrogens is 162 g/mol. The second-order valence-electron chi connectivity index (χ2n) is 2.00. The highest BCUT2D eigenvalue weighted by atomic mass is 32.1. The van der Waals surface area contributed by atoms with Crippen LogP contribution < -0.4 is 17.0 Å². The summed E-state index contributed by atoms with van der Waals surface area (Å²) in [5, 5.41) is 1.84. The average Bonchev–Trinajstić information content (AvgIpc) is 2.50. The van der Waals surface area contributed by atoms with Crippen LogP contribution in [0.5, 0.6) is 0 Å². The summed E-state index contributed by atoms with van der Waals surface area (Å²) in [6, 6.07) is 1.73. The Morgan fingerprint density at radius 3 is 2.91 bits per heavy atom. The van der Waals surface area contributed by atoms with Crippen LogP contribution in [-0.4, -0.2) is 5.91 Å². The lowest BCUT2D eigenvalue weighted by molar-refractivity contribution is 0.0957. The van der Waals surface area contributed by atoms with Gasteiger partial charge in [-0.2, -0.15) is 0 Å². The molecule has 1 heterocycles. The number of rotatable bonds is 2. The van der Waals surface area contributed by atoms with Gasteiger partial charge in [-0.05, 0) is 17.0 Å². The molecule has 1 rings (SSSR count). The first-order valence-electron chi connectivity index (χ1n) is 3.06. The Kier molecular flexibility index (Phi) is 2.58. The maximum absolute atomic E-state index is 10.9. The zero-order valence-electron chi connectivity index (χ0n) is 5.83. The van der Waals surface area contributed by atoms with E-state index in [4.69, 9.17) is 11.6 Å². The summed E-state index contributed by atoms with van der Waals surface area (Å²) >= 11 is 1.33. The molecule has 0 atom stereocenters. The molecule has 0 unspecified atom stereocenters. The van der Waals surface area contributed by atoms with E-state index < -0.39 is 0 Å². The van der Waals surface area contributed by atoms with Crippen LogP contribution in [0, 0.1) is 0 Å². The summed E-state index contributed by atoms with van der Waals surface area (Å²) in [5.41, 5.74) is 8.35. The number of amides is 1. The summed E-state index contributed by atoms with van der Waals surface area (Å²) in [7, 11) is 0. The first kappa shape index (κ1) is 8.19. The summed E-state index contributed by atoms with van der Waals surface area (Å²) in [6.45, 7) is 0.453. The van der Waals surface area contributed by atoms with Crippen molar-refractivity contribution in [2.75, 3.05) is 0 Å². The highest BCUT2D eigenvalue weighted by Gasteiger charge is 2.05. The number of hydrazine groups is 1. The third-order valence-corrected chi connectivity index (χ3v) is 2.22. The molecule has 60 valence electrons. The molecule has 0 saturated carbocycles. The van der Waals surface area contributed by atoms with Crippen molar-refractivity contribution in [1.29, 1.82) is 0 Å². The molecule has 5 heteroatoms. The largest absolute Gasteiger partial charge is 0.326 e. The number of carbonyl (C=O) groups excluding carboxylic acids is 1. The Morgan fingerprint density at radius 1 is 1.73 bits per heavy atom. The summed E-state index contributed by atoms with van der Waals surface area (Å²) < 4.78 is 0. The van der Waals surface area contributed by atoms with Crippen LogP contribution in [0.25, 0.3) is 0 Å². The van der Waals surface area contributed by atoms with Crippen molar-refractivity contribution in [3.05, 3.63) is 21.9 Å². The number of nitrogens with one attached hydrogen (secondary N) is 1. The molecule has 0 bridgehead atoms.